The monoisotopic (exact) mass is 285 g/mol. The fraction of sp³-hybridized carbons (Fsp3) is 0.857. The Hall–Kier alpha value is -1.30. The summed E-state index contributed by atoms with van der Waals surface area (Å²) in [7, 11) is 0. The minimum atomic E-state index is -0.968. The summed E-state index contributed by atoms with van der Waals surface area (Å²) in [5.74, 6) is -0.968. The largest absolute Gasteiger partial charge is 0.480 e. The van der Waals surface area contributed by atoms with E-state index < -0.39 is 12.0 Å². The lowest BCUT2D eigenvalue weighted by atomic mass is 10.1. The molecule has 1 atom stereocenters. The molecule has 6 heteroatoms. The summed E-state index contributed by atoms with van der Waals surface area (Å²) >= 11 is 0. The number of nitrogens with zero attached hydrogens (tertiary/aromatic N) is 1. The van der Waals surface area contributed by atoms with Gasteiger partial charge in [0, 0.05) is 13.1 Å². The summed E-state index contributed by atoms with van der Waals surface area (Å²) < 4.78 is 0. The molecule has 1 aliphatic heterocycles. The molecule has 0 radical (unpaired) electrons. The smallest absolute Gasteiger partial charge is 0.326 e. The topological polar surface area (TPSA) is 81.7 Å². The molecule has 1 saturated heterocycles. The number of piperidine rings is 1. The molecule has 3 N–H and O–H groups in total. The molecule has 20 heavy (non-hydrogen) atoms. The first-order valence-electron chi connectivity index (χ1n) is 7.63. The molecule has 0 aliphatic carbocycles. The van der Waals surface area contributed by atoms with Crippen LogP contribution >= 0.6 is 0 Å². The van der Waals surface area contributed by atoms with Crippen LogP contribution in [0.25, 0.3) is 0 Å². The molecule has 0 aromatic rings. The van der Waals surface area contributed by atoms with Crippen molar-refractivity contribution in [1.82, 2.24) is 15.5 Å². The lowest BCUT2D eigenvalue weighted by Crippen LogP contribution is -2.47. The van der Waals surface area contributed by atoms with E-state index in [1.165, 1.54) is 19.3 Å². The zero-order chi connectivity index (χ0) is 14.8. The van der Waals surface area contributed by atoms with E-state index in [2.05, 4.69) is 15.5 Å². The van der Waals surface area contributed by atoms with Crippen LogP contribution in [0, 0.1) is 0 Å². The SMILES string of the molecule is CCCC[C@H](NC(=O)NCCN1CCCCC1)C(=O)O. The number of rotatable bonds is 8. The Balaban J connectivity index is 2.18. The average Bonchev–Trinajstić information content (AvgIpc) is 2.44. The van der Waals surface area contributed by atoms with Gasteiger partial charge < -0.3 is 20.6 Å². The van der Waals surface area contributed by atoms with Crippen molar-refractivity contribution in [3.05, 3.63) is 0 Å². The van der Waals surface area contributed by atoms with Gasteiger partial charge in [-0.25, -0.2) is 9.59 Å². The molecule has 1 aliphatic rings. The number of urea groups is 1. The van der Waals surface area contributed by atoms with Crippen LogP contribution in [0.3, 0.4) is 0 Å². The molecule has 1 heterocycles. The maximum Gasteiger partial charge on any atom is 0.326 e. The number of nitrogens with one attached hydrogen (secondary N) is 2. The number of aliphatic carboxylic acids is 1. The van der Waals surface area contributed by atoms with E-state index in [1.807, 2.05) is 6.92 Å². The summed E-state index contributed by atoms with van der Waals surface area (Å²) in [6.45, 7) is 5.58. The normalized spacial score (nSPS) is 17.4. The van der Waals surface area contributed by atoms with Gasteiger partial charge in [0.2, 0.25) is 0 Å². The fourth-order valence-corrected chi connectivity index (χ4v) is 2.39. The number of carboxylic acid groups (broad SMARTS) is 1. The summed E-state index contributed by atoms with van der Waals surface area (Å²) in [6, 6.07) is -1.17. The van der Waals surface area contributed by atoms with Gasteiger partial charge in [0.25, 0.3) is 0 Å². The van der Waals surface area contributed by atoms with Crippen molar-refractivity contribution < 1.29 is 14.7 Å². The lowest BCUT2D eigenvalue weighted by molar-refractivity contribution is -0.139. The fourth-order valence-electron chi connectivity index (χ4n) is 2.39. The Bertz CT molecular complexity index is 304. The highest BCUT2D eigenvalue weighted by Crippen LogP contribution is 2.07. The molecule has 0 aromatic carbocycles. The first-order valence-corrected chi connectivity index (χ1v) is 7.63. The highest BCUT2D eigenvalue weighted by molar-refractivity contribution is 5.82. The van der Waals surface area contributed by atoms with Crippen LogP contribution in [0.2, 0.25) is 0 Å². The standard InChI is InChI=1S/C14H27N3O3/c1-2-3-7-12(13(18)19)16-14(20)15-8-11-17-9-5-4-6-10-17/h12H,2-11H2,1H3,(H,18,19)(H2,15,16,20)/t12-/m0/s1. The highest BCUT2D eigenvalue weighted by Gasteiger charge is 2.19. The number of carbonyl (C=O) groups is 2. The van der Waals surface area contributed by atoms with Crippen LogP contribution in [-0.4, -0.2) is 54.2 Å². The third-order valence-electron chi connectivity index (χ3n) is 3.61. The van der Waals surface area contributed by atoms with Gasteiger partial charge in [0.05, 0.1) is 0 Å². The first-order chi connectivity index (χ1) is 9.63. The maximum absolute atomic E-state index is 11.7. The number of hydrogen-bond acceptors (Lipinski definition) is 3. The van der Waals surface area contributed by atoms with Crippen molar-refractivity contribution in [2.45, 2.75) is 51.5 Å². The van der Waals surface area contributed by atoms with Gasteiger partial charge in [-0.1, -0.05) is 26.2 Å². The Kier molecular flexibility index (Phi) is 8.02. The van der Waals surface area contributed by atoms with Crippen molar-refractivity contribution in [2.24, 2.45) is 0 Å². The predicted octanol–water partition coefficient (Wildman–Crippen LogP) is 1.41. The van der Waals surface area contributed by atoms with E-state index in [0.717, 1.165) is 32.5 Å². The zero-order valence-electron chi connectivity index (χ0n) is 12.4. The maximum atomic E-state index is 11.7. The number of likely N-dealkylation sites (tertiary alicyclic amines) is 1. The van der Waals surface area contributed by atoms with Gasteiger partial charge in [-0.3, -0.25) is 0 Å². The third kappa shape index (κ3) is 6.75. The van der Waals surface area contributed by atoms with Crippen LogP contribution in [0.5, 0.6) is 0 Å². The van der Waals surface area contributed by atoms with Crippen LogP contribution in [0.15, 0.2) is 0 Å². The molecular formula is C14H27N3O3. The summed E-state index contributed by atoms with van der Waals surface area (Å²) in [5, 5.41) is 14.3. The van der Waals surface area contributed by atoms with Gasteiger partial charge >= 0.3 is 12.0 Å². The molecule has 6 nitrogen and oxygen atoms in total. The van der Waals surface area contributed by atoms with Crippen LogP contribution in [0.1, 0.15) is 45.4 Å². The van der Waals surface area contributed by atoms with Crippen molar-refractivity contribution in [1.29, 1.82) is 0 Å². The third-order valence-corrected chi connectivity index (χ3v) is 3.61. The van der Waals surface area contributed by atoms with Crippen LogP contribution in [0.4, 0.5) is 4.79 Å². The molecule has 0 saturated carbocycles. The molecule has 0 unspecified atom stereocenters. The summed E-state index contributed by atoms with van der Waals surface area (Å²) in [6.07, 6.45) is 5.94. The lowest BCUT2D eigenvalue weighted by Gasteiger charge is -2.26. The Morgan fingerprint density at radius 3 is 2.55 bits per heavy atom. The highest BCUT2D eigenvalue weighted by atomic mass is 16.4. The first kappa shape index (κ1) is 16.8. The number of carboxylic acids is 1. The van der Waals surface area contributed by atoms with Gasteiger partial charge in [-0.05, 0) is 32.4 Å². The molecule has 0 bridgehead atoms. The molecule has 2 amide bonds. The Morgan fingerprint density at radius 1 is 1.25 bits per heavy atom. The van der Waals surface area contributed by atoms with E-state index in [0.29, 0.717) is 13.0 Å². The van der Waals surface area contributed by atoms with E-state index in [1.54, 1.807) is 0 Å². The predicted molar refractivity (Wildman–Crippen MR) is 77.8 cm³/mol. The van der Waals surface area contributed by atoms with Crippen molar-refractivity contribution in [3.63, 3.8) is 0 Å². The minimum absolute atomic E-state index is 0.384. The van der Waals surface area contributed by atoms with Gasteiger partial charge in [0.1, 0.15) is 6.04 Å². The van der Waals surface area contributed by atoms with E-state index >= 15 is 0 Å². The minimum Gasteiger partial charge on any atom is -0.480 e. The average molecular weight is 285 g/mol. The quantitative estimate of drug-likeness (QED) is 0.630. The second-order valence-corrected chi connectivity index (χ2v) is 5.34. The van der Waals surface area contributed by atoms with E-state index in [4.69, 9.17) is 5.11 Å². The number of hydrogen-bond donors (Lipinski definition) is 3. The molecule has 1 fully saturated rings. The molecule has 0 spiro atoms. The number of carbonyl (C=O) groups excluding carboxylic acids is 1. The van der Waals surface area contributed by atoms with E-state index in [9.17, 15) is 9.59 Å². The summed E-state index contributed by atoms with van der Waals surface area (Å²) in [5.41, 5.74) is 0. The second-order valence-electron chi connectivity index (χ2n) is 5.34. The second kappa shape index (κ2) is 9.58. The molecule has 1 rings (SSSR count). The van der Waals surface area contributed by atoms with Gasteiger partial charge in [-0.2, -0.15) is 0 Å². The van der Waals surface area contributed by atoms with Crippen LogP contribution in [-0.2, 0) is 4.79 Å². The Morgan fingerprint density at radius 2 is 1.95 bits per heavy atom. The Labute approximate surface area is 120 Å². The van der Waals surface area contributed by atoms with Crippen molar-refractivity contribution in [2.75, 3.05) is 26.2 Å². The molecule has 116 valence electrons. The molecular weight excluding hydrogens is 258 g/mol. The van der Waals surface area contributed by atoms with Gasteiger partial charge in [0.15, 0.2) is 0 Å². The van der Waals surface area contributed by atoms with Gasteiger partial charge in [-0.15, -0.1) is 0 Å². The molecule has 0 aromatic heterocycles. The van der Waals surface area contributed by atoms with Crippen molar-refractivity contribution in [3.8, 4) is 0 Å². The number of unbranched alkanes of at least 4 members (excludes halogenated alkanes) is 1. The number of amides is 2. The van der Waals surface area contributed by atoms with E-state index in [-0.39, 0.29) is 6.03 Å². The van der Waals surface area contributed by atoms with Crippen molar-refractivity contribution >= 4 is 12.0 Å². The summed E-state index contributed by atoms with van der Waals surface area (Å²) in [4.78, 5) is 25.0. The van der Waals surface area contributed by atoms with Crippen LogP contribution < -0.4 is 10.6 Å². The zero-order valence-corrected chi connectivity index (χ0v) is 12.4.